The molecule has 2 rings (SSSR count). The fourth-order valence-corrected chi connectivity index (χ4v) is 3.27. The molecule has 1 aromatic rings. The van der Waals surface area contributed by atoms with Gasteiger partial charge in [0.15, 0.2) is 0 Å². The highest BCUT2D eigenvalue weighted by Gasteiger charge is 2.18. The van der Waals surface area contributed by atoms with Crippen molar-refractivity contribution in [1.29, 1.82) is 0 Å². The van der Waals surface area contributed by atoms with Crippen molar-refractivity contribution < 1.29 is 13.7 Å². The van der Waals surface area contributed by atoms with Crippen molar-refractivity contribution in [3.8, 4) is 0 Å². The fourth-order valence-electron chi connectivity index (χ4n) is 2.15. The van der Waals surface area contributed by atoms with Gasteiger partial charge in [0.1, 0.15) is 5.75 Å². The Hall–Kier alpha value is -1.40. The first-order chi connectivity index (χ1) is 9.56. The SMILES string of the molecule is Cc1ccc(N)c(S(=O)CC(=O)NC2CCOCC2)c1. The van der Waals surface area contributed by atoms with Crippen molar-refractivity contribution in [1.82, 2.24) is 5.32 Å². The zero-order valence-corrected chi connectivity index (χ0v) is 12.4. The molecule has 1 aliphatic rings. The van der Waals surface area contributed by atoms with Crippen molar-refractivity contribution in [3.05, 3.63) is 23.8 Å². The Balaban J connectivity index is 1.93. The van der Waals surface area contributed by atoms with E-state index >= 15 is 0 Å². The minimum Gasteiger partial charge on any atom is -0.398 e. The van der Waals surface area contributed by atoms with Crippen molar-refractivity contribution in [2.75, 3.05) is 24.7 Å². The average molecular weight is 296 g/mol. The molecule has 0 saturated carbocycles. The minimum atomic E-state index is -1.41. The molecule has 0 bridgehead atoms. The van der Waals surface area contributed by atoms with E-state index in [0.29, 0.717) is 23.8 Å². The van der Waals surface area contributed by atoms with E-state index in [9.17, 15) is 9.00 Å². The molecule has 1 aliphatic heterocycles. The van der Waals surface area contributed by atoms with Gasteiger partial charge in [-0.2, -0.15) is 0 Å². The van der Waals surface area contributed by atoms with Crippen LogP contribution in [0.4, 0.5) is 5.69 Å². The lowest BCUT2D eigenvalue weighted by Gasteiger charge is -2.23. The number of hydrogen-bond donors (Lipinski definition) is 2. The summed E-state index contributed by atoms with van der Waals surface area (Å²) in [5.41, 5.74) is 7.25. The number of ether oxygens (including phenoxy) is 1. The maximum atomic E-state index is 12.2. The number of carbonyl (C=O) groups excluding carboxylic acids is 1. The Morgan fingerprint density at radius 1 is 1.45 bits per heavy atom. The third-order valence-corrected chi connectivity index (χ3v) is 4.63. The van der Waals surface area contributed by atoms with E-state index in [2.05, 4.69) is 5.32 Å². The Morgan fingerprint density at radius 3 is 2.85 bits per heavy atom. The minimum absolute atomic E-state index is 0.0506. The highest BCUT2D eigenvalue weighted by molar-refractivity contribution is 7.86. The standard InChI is InChI=1S/C14H20N2O3S/c1-10-2-3-12(15)13(8-10)20(18)9-14(17)16-11-4-6-19-7-5-11/h2-3,8,11H,4-7,9,15H2,1H3,(H,16,17). The zero-order chi connectivity index (χ0) is 14.5. The normalized spacial score (nSPS) is 17.6. The Bertz CT molecular complexity index is 513. The van der Waals surface area contributed by atoms with Gasteiger partial charge in [0.05, 0.1) is 15.7 Å². The lowest BCUT2D eigenvalue weighted by atomic mass is 10.1. The number of benzene rings is 1. The van der Waals surface area contributed by atoms with E-state index in [0.717, 1.165) is 18.4 Å². The van der Waals surface area contributed by atoms with Crippen LogP contribution in [-0.2, 0) is 20.3 Å². The van der Waals surface area contributed by atoms with Crippen LogP contribution >= 0.6 is 0 Å². The third-order valence-electron chi connectivity index (χ3n) is 3.26. The van der Waals surface area contributed by atoms with Gasteiger partial charge in [-0.3, -0.25) is 9.00 Å². The average Bonchev–Trinajstić information content (AvgIpc) is 2.42. The molecule has 0 radical (unpaired) electrons. The molecule has 1 saturated heterocycles. The molecule has 3 N–H and O–H groups in total. The molecule has 110 valence electrons. The molecule has 5 nitrogen and oxygen atoms in total. The second-order valence-corrected chi connectivity index (χ2v) is 6.40. The van der Waals surface area contributed by atoms with Crippen molar-refractivity contribution in [3.63, 3.8) is 0 Å². The van der Waals surface area contributed by atoms with Crippen molar-refractivity contribution in [2.24, 2.45) is 0 Å². The number of anilines is 1. The van der Waals surface area contributed by atoms with Gasteiger partial charge in [-0.15, -0.1) is 0 Å². The van der Waals surface area contributed by atoms with Crippen LogP contribution in [0.2, 0.25) is 0 Å². The van der Waals surface area contributed by atoms with E-state index < -0.39 is 10.8 Å². The number of hydrogen-bond acceptors (Lipinski definition) is 4. The Morgan fingerprint density at radius 2 is 2.15 bits per heavy atom. The summed E-state index contributed by atoms with van der Waals surface area (Å²) in [5, 5.41) is 2.90. The summed E-state index contributed by atoms with van der Waals surface area (Å²) in [5.74, 6) is -0.249. The van der Waals surface area contributed by atoms with Crippen LogP contribution in [-0.4, -0.2) is 35.1 Å². The quantitative estimate of drug-likeness (QED) is 0.812. The van der Waals surface area contributed by atoms with E-state index in [-0.39, 0.29) is 17.7 Å². The van der Waals surface area contributed by atoms with Gasteiger partial charge in [-0.25, -0.2) is 0 Å². The monoisotopic (exact) mass is 296 g/mol. The third kappa shape index (κ3) is 4.05. The van der Waals surface area contributed by atoms with Crippen LogP contribution in [0, 0.1) is 6.92 Å². The van der Waals surface area contributed by atoms with Gasteiger partial charge in [-0.05, 0) is 37.5 Å². The molecule has 1 atom stereocenters. The van der Waals surface area contributed by atoms with Crippen LogP contribution in [0.15, 0.2) is 23.1 Å². The highest BCUT2D eigenvalue weighted by Crippen LogP contribution is 2.18. The molecule has 0 aromatic heterocycles. The first-order valence-corrected chi connectivity index (χ1v) is 8.00. The smallest absolute Gasteiger partial charge is 0.233 e. The summed E-state index contributed by atoms with van der Waals surface area (Å²) < 4.78 is 17.4. The number of amides is 1. The molecule has 1 amide bonds. The second-order valence-electron chi connectivity index (χ2n) is 4.99. The van der Waals surface area contributed by atoms with Crippen molar-refractivity contribution in [2.45, 2.75) is 30.7 Å². The molecule has 0 aliphatic carbocycles. The Kier molecular flexibility index (Phi) is 5.14. The fraction of sp³-hybridized carbons (Fsp3) is 0.500. The van der Waals surface area contributed by atoms with Gasteiger partial charge in [0, 0.05) is 24.9 Å². The summed E-state index contributed by atoms with van der Waals surface area (Å²) >= 11 is 0. The number of nitrogens with two attached hydrogens (primary N) is 1. The van der Waals surface area contributed by atoms with Gasteiger partial charge in [0.2, 0.25) is 5.91 Å². The molecule has 6 heteroatoms. The summed E-state index contributed by atoms with van der Waals surface area (Å²) in [7, 11) is -1.41. The molecule has 20 heavy (non-hydrogen) atoms. The maximum absolute atomic E-state index is 12.2. The number of carbonyl (C=O) groups is 1. The van der Waals surface area contributed by atoms with Crippen LogP contribution in [0.1, 0.15) is 18.4 Å². The van der Waals surface area contributed by atoms with Crippen LogP contribution in [0.3, 0.4) is 0 Å². The summed E-state index contributed by atoms with van der Waals surface area (Å²) in [6.45, 7) is 3.24. The van der Waals surface area contributed by atoms with E-state index in [1.54, 1.807) is 12.1 Å². The summed E-state index contributed by atoms with van der Waals surface area (Å²) in [6.07, 6.45) is 1.62. The molecule has 1 aromatic carbocycles. The van der Waals surface area contributed by atoms with Gasteiger partial charge >= 0.3 is 0 Å². The maximum Gasteiger partial charge on any atom is 0.233 e. The molecule has 1 heterocycles. The molecule has 1 unspecified atom stereocenters. The second kappa shape index (κ2) is 6.85. The first-order valence-electron chi connectivity index (χ1n) is 6.68. The van der Waals surface area contributed by atoms with Gasteiger partial charge in [-0.1, -0.05) is 6.07 Å². The number of rotatable bonds is 4. The Labute approximate surface area is 121 Å². The number of nitrogen functional groups attached to an aromatic ring is 1. The van der Waals surface area contributed by atoms with Gasteiger partial charge < -0.3 is 15.8 Å². The highest BCUT2D eigenvalue weighted by atomic mass is 32.2. The summed E-state index contributed by atoms with van der Waals surface area (Å²) in [4.78, 5) is 12.4. The molecule has 1 fully saturated rings. The molecule has 0 spiro atoms. The lowest BCUT2D eigenvalue weighted by molar-refractivity contribution is -0.119. The zero-order valence-electron chi connectivity index (χ0n) is 11.6. The lowest BCUT2D eigenvalue weighted by Crippen LogP contribution is -2.40. The summed E-state index contributed by atoms with van der Waals surface area (Å²) in [6, 6.07) is 5.48. The van der Waals surface area contributed by atoms with Gasteiger partial charge in [0.25, 0.3) is 0 Å². The largest absolute Gasteiger partial charge is 0.398 e. The van der Waals surface area contributed by atoms with Crippen LogP contribution in [0.25, 0.3) is 0 Å². The molecular weight excluding hydrogens is 276 g/mol. The van der Waals surface area contributed by atoms with Crippen LogP contribution < -0.4 is 11.1 Å². The first kappa shape index (κ1) is 15.0. The molecular formula is C14H20N2O3S. The number of aryl methyl sites for hydroxylation is 1. The predicted octanol–water partition coefficient (Wildman–Crippen LogP) is 0.980. The topological polar surface area (TPSA) is 81.4 Å². The number of nitrogens with one attached hydrogen (secondary N) is 1. The predicted molar refractivity (Wildman–Crippen MR) is 78.9 cm³/mol. The van der Waals surface area contributed by atoms with Crippen molar-refractivity contribution >= 4 is 22.4 Å². The van der Waals surface area contributed by atoms with E-state index in [1.165, 1.54) is 0 Å². The van der Waals surface area contributed by atoms with Crippen LogP contribution in [0.5, 0.6) is 0 Å². The van der Waals surface area contributed by atoms with E-state index in [1.807, 2.05) is 13.0 Å². The van der Waals surface area contributed by atoms with E-state index in [4.69, 9.17) is 10.5 Å².